The Morgan fingerprint density at radius 3 is 3.00 bits per heavy atom. The number of hydrogen-bond acceptors (Lipinski definition) is 4. The predicted molar refractivity (Wildman–Crippen MR) is 77.6 cm³/mol. The summed E-state index contributed by atoms with van der Waals surface area (Å²) in [6, 6.07) is 0.313. The van der Waals surface area contributed by atoms with E-state index in [1.54, 1.807) is 0 Å². The van der Waals surface area contributed by atoms with Crippen molar-refractivity contribution in [2.24, 2.45) is 0 Å². The Bertz CT molecular complexity index is 469. The lowest BCUT2D eigenvalue weighted by Gasteiger charge is -2.27. The molecule has 0 aliphatic heterocycles. The third-order valence-electron chi connectivity index (χ3n) is 4.19. The molecule has 2 unspecified atom stereocenters. The van der Waals surface area contributed by atoms with Crippen molar-refractivity contribution in [3.8, 4) is 0 Å². The zero-order valence-electron chi connectivity index (χ0n) is 12.8. The van der Waals surface area contributed by atoms with E-state index < -0.39 is 5.54 Å². The zero-order chi connectivity index (χ0) is 14.8. The number of nitrogens with zero attached hydrogens (tertiary/aromatic N) is 2. The lowest BCUT2D eigenvalue weighted by atomic mass is 9.97. The minimum Gasteiger partial charge on any atom is -0.468 e. The number of imidazole rings is 1. The molecule has 1 N–H and O–H groups in total. The number of nitrogens with one attached hydrogen (secondary N) is 1. The first kappa shape index (κ1) is 15.0. The number of carbonyl (C=O) groups is 1. The first-order valence-corrected chi connectivity index (χ1v) is 7.40. The lowest BCUT2D eigenvalue weighted by molar-refractivity contribution is -0.148. The smallest absolute Gasteiger partial charge is 0.326 e. The normalized spacial score (nSPS) is 26.1. The van der Waals surface area contributed by atoms with Crippen molar-refractivity contribution in [2.45, 2.75) is 57.5 Å². The fourth-order valence-corrected chi connectivity index (χ4v) is 3.29. The van der Waals surface area contributed by atoms with E-state index in [4.69, 9.17) is 4.74 Å². The van der Waals surface area contributed by atoms with Crippen LogP contribution in [0.4, 0.5) is 0 Å². The van der Waals surface area contributed by atoms with Crippen molar-refractivity contribution in [3.63, 3.8) is 0 Å². The van der Waals surface area contributed by atoms with Crippen molar-refractivity contribution in [3.05, 3.63) is 18.2 Å². The SMILES string of the molecule is CCNC1(C(=O)OC)CCC(n2ccnc2C(C)C)C1. The number of likely N-dealkylation sites (N-methyl/N-ethyl adjacent to an activating group) is 1. The molecule has 1 aromatic heterocycles. The van der Waals surface area contributed by atoms with Crippen molar-refractivity contribution in [2.75, 3.05) is 13.7 Å². The number of aromatic nitrogens is 2. The zero-order valence-corrected chi connectivity index (χ0v) is 12.8. The minimum atomic E-state index is -0.535. The van der Waals surface area contributed by atoms with E-state index in [1.165, 1.54) is 7.11 Å². The molecular weight excluding hydrogens is 254 g/mol. The van der Waals surface area contributed by atoms with Crippen molar-refractivity contribution < 1.29 is 9.53 Å². The van der Waals surface area contributed by atoms with Gasteiger partial charge >= 0.3 is 5.97 Å². The molecule has 0 spiro atoms. The molecule has 1 aromatic rings. The fraction of sp³-hybridized carbons (Fsp3) is 0.733. The van der Waals surface area contributed by atoms with Crippen molar-refractivity contribution in [1.29, 1.82) is 0 Å². The van der Waals surface area contributed by atoms with Crippen LogP contribution in [0.2, 0.25) is 0 Å². The van der Waals surface area contributed by atoms with Gasteiger partial charge in [0.05, 0.1) is 7.11 Å². The Balaban J connectivity index is 2.21. The van der Waals surface area contributed by atoms with Crippen LogP contribution in [-0.2, 0) is 9.53 Å². The molecule has 112 valence electrons. The second-order valence-corrected chi connectivity index (χ2v) is 5.85. The topological polar surface area (TPSA) is 56.1 Å². The molecule has 0 saturated heterocycles. The molecular formula is C15H25N3O2. The van der Waals surface area contributed by atoms with E-state index in [1.807, 2.05) is 19.3 Å². The van der Waals surface area contributed by atoms with Gasteiger partial charge < -0.3 is 14.6 Å². The number of rotatable bonds is 5. The van der Waals surface area contributed by atoms with Crippen LogP contribution < -0.4 is 5.32 Å². The molecule has 0 bridgehead atoms. The van der Waals surface area contributed by atoms with Crippen LogP contribution in [0.25, 0.3) is 0 Å². The molecule has 1 aliphatic carbocycles. The summed E-state index contributed by atoms with van der Waals surface area (Å²) in [5.41, 5.74) is -0.535. The van der Waals surface area contributed by atoms with Gasteiger partial charge in [-0.25, -0.2) is 4.98 Å². The standard InChI is InChI=1S/C15H25N3O2/c1-5-17-15(14(19)20-4)7-6-12(10-15)18-9-8-16-13(18)11(2)3/h8-9,11-12,17H,5-7,10H2,1-4H3. The van der Waals surface area contributed by atoms with E-state index in [0.29, 0.717) is 12.0 Å². The highest BCUT2D eigenvalue weighted by Crippen LogP contribution is 2.39. The summed E-state index contributed by atoms with van der Waals surface area (Å²) in [6.45, 7) is 7.08. The number of ether oxygens (including phenoxy) is 1. The van der Waals surface area contributed by atoms with Gasteiger partial charge in [-0.1, -0.05) is 20.8 Å². The van der Waals surface area contributed by atoms with Crippen LogP contribution in [0.3, 0.4) is 0 Å². The van der Waals surface area contributed by atoms with Crippen LogP contribution in [0, 0.1) is 0 Å². The maximum absolute atomic E-state index is 12.2. The van der Waals surface area contributed by atoms with Gasteiger partial charge in [-0.05, 0) is 25.8 Å². The maximum Gasteiger partial charge on any atom is 0.326 e. The number of hydrogen-bond donors (Lipinski definition) is 1. The number of carbonyl (C=O) groups excluding carboxylic acids is 1. The quantitative estimate of drug-likeness (QED) is 0.840. The second kappa shape index (κ2) is 5.95. The highest BCUT2D eigenvalue weighted by atomic mass is 16.5. The predicted octanol–water partition coefficient (Wildman–Crippen LogP) is 2.25. The molecule has 5 heteroatoms. The van der Waals surface area contributed by atoms with Gasteiger partial charge in [0.1, 0.15) is 11.4 Å². The second-order valence-electron chi connectivity index (χ2n) is 5.85. The monoisotopic (exact) mass is 279 g/mol. The Morgan fingerprint density at radius 2 is 2.40 bits per heavy atom. The molecule has 1 heterocycles. The van der Waals surface area contributed by atoms with Crippen LogP contribution >= 0.6 is 0 Å². The van der Waals surface area contributed by atoms with Gasteiger partial charge in [0.25, 0.3) is 0 Å². The summed E-state index contributed by atoms with van der Waals surface area (Å²) in [5.74, 6) is 1.33. The van der Waals surface area contributed by atoms with Crippen LogP contribution in [0.5, 0.6) is 0 Å². The summed E-state index contributed by atoms with van der Waals surface area (Å²) < 4.78 is 7.24. The van der Waals surface area contributed by atoms with Crippen molar-refractivity contribution >= 4 is 5.97 Å². The van der Waals surface area contributed by atoms with E-state index in [9.17, 15) is 4.79 Å². The van der Waals surface area contributed by atoms with Crippen LogP contribution in [-0.4, -0.2) is 34.7 Å². The molecule has 1 fully saturated rings. The first-order chi connectivity index (χ1) is 9.54. The first-order valence-electron chi connectivity index (χ1n) is 7.40. The highest BCUT2D eigenvalue weighted by molar-refractivity contribution is 5.81. The molecule has 5 nitrogen and oxygen atoms in total. The fourth-order valence-electron chi connectivity index (χ4n) is 3.29. The minimum absolute atomic E-state index is 0.145. The third kappa shape index (κ3) is 2.59. The Morgan fingerprint density at radius 1 is 1.65 bits per heavy atom. The molecule has 2 rings (SSSR count). The van der Waals surface area contributed by atoms with Gasteiger partial charge in [-0.15, -0.1) is 0 Å². The Hall–Kier alpha value is -1.36. The van der Waals surface area contributed by atoms with Gasteiger partial charge in [0, 0.05) is 24.4 Å². The molecule has 1 saturated carbocycles. The number of methoxy groups -OCH3 is 1. The van der Waals surface area contributed by atoms with Gasteiger partial charge in [0.2, 0.25) is 0 Å². The summed E-state index contributed by atoms with van der Waals surface area (Å²) in [4.78, 5) is 16.6. The summed E-state index contributed by atoms with van der Waals surface area (Å²) in [6.07, 6.45) is 6.43. The number of esters is 1. The average molecular weight is 279 g/mol. The lowest BCUT2D eigenvalue weighted by Crippen LogP contribution is -2.50. The maximum atomic E-state index is 12.2. The van der Waals surface area contributed by atoms with E-state index in [2.05, 4.69) is 28.7 Å². The summed E-state index contributed by atoms with van der Waals surface area (Å²) in [7, 11) is 1.46. The molecule has 0 aromatic carbocycles. The van der Waals surface area contributed by atoms with Crippen molar-refractivity contribution in [1.82, 2.24) is 14.9 Å². The van der Waals surface area contributed by atoms with Crippen LogP contribution in [0.15, 0.2) is 12.4 Å². The molecule has 0 radical (unpaired) electrons. The highest BCUT2D eigenvalue weighted by Gasteiger charge is 2.46. The van der Waals surface area contributed by atoms with Gasteiger partial charge in [0.15, 0.2) is 0 Å². The molecule has 20 heavy (non-hydrogen) atoms. The van der Waals surface area contributed by atoms with Gasteiger partial charge in [-0.3, -0.25) is 4.79 Å². The Labute approximate surface area is 120 Å². The van der Waals surface area contributed by atoms with Crippen LogP contribution in [0.1, 0.15) is 57.8 Å². The molecule has 2 atom stereocenters. The summed E-state index contributed by atoms with van der Waals surface area (Å²) >= 11 is 0. The van der Waals surface area contributed by atoms with E-state index in [0.717, 1.165) is 31.6 Å². The molecule has 1 aliphatic rings. The largest absolute Gasteiger partial charge is 0.468 e. The van der Waals surface area contributed by atoms with E-state index in [-0.39, 0.29) is 5.97 Å². The average Bonchev–Trinajstić information content (AvgIpc) is 3.04. The third-order valence-corrected chi connectivity index (χ3v) is 4.19. The van der Waals surface area contributed by atoms with Gasteiger partial charge in [-0.2, -0.15) is 0 Å². The summed E-state index contributed by atoms with van der Waals surface area (Å²) in [5, 5.41) is 3.34. The van der Waals surface area contributed by atoms with E-state index >= 15 is 0 Å². The molecule has 0 amide bonds. The Kier molecular flexibility index (Phi) is 4.48.